The molecule has 1 aliphatic rings. The molecule has 0 spiro atoms. The Morgan fingerprint density at radius 2 is 2.24 bits per heavy atom. The molecule has 1 fully saturated rings. The van der Waals surface area contributed by atoms with Crippen LogP contribution in [0.15, 0.2) is 18.2 Å². The second kappa shape index (κ2) is 6.43. The van der Waals surface area contributed by atoms with Gasteiger partial charge in [-0.2, -0.15) is 0 Å². The van der Waals surface area contributed by atoms with Crippen LogP contribution >= 0.6 is 11.6 Å². The van der Waals surface area contributed by atoms with Crippen LogP contribution in [0.2, 0.25) is 5.02 Å². The molecule has 114 valence electrons. The predicted molar refractivity (Wildman–Crippen MR) is 76.5 cm³/mol. The van der Waals surface area contributed by atoms with E-state index in [2.05, 4.69) is 0 Å². The van der Waals surface area contributed by atoms with E-state index in [1.165, 1.54) is 23.1 Å². The van der Waals surface area contributed by atoms with Crippen molar-refractivity contribution in [1.29, 1.82) is 0 Å². The van der Waals surface area contributed by atoms with Crippen LogP contribution < -0.4 is 0 Å². The minimum absolute atomic E-state index is 0.105. The van der Waals surface area contributed by atoms with Crippen LogP contribution in [0, 0.1) is 11.7 Å². The minimum Gasteiger partial charge on any atom is -0.481 e. The Bertz CT molecular complexity index is 544. The molecule has 0 bridgehead atoms. The number of halogens is 2. The van der Waals surface area contributed by atoms with Crippen LogP contribution in [0.1, 0.15) is 37.8 Å². The fraction of sp³-hybridized carbons (Fsp3) is 0.467. The first-order valence-corrected chi connectivity index (χ1v) is 7.31. The summed E-state index contributed by atoms with van der Waals surface area (Å²) in [5, 5.41) is 9.58. The van der Waals surface area contributed by atoms with E-state index in [1.807, 2.05) is 6.92 Å². The zero-order valence-corrected chi connectivity index (χ0v) is 12.4. The third-order valence-electron chi connectivity index (χ3n) is 3.78. The molecule has 1 aromatic rings. The van der Waals surface area contributed by atoms with Gasteiger partial charge in [0.25, 0.3) is 0 Å². The van der Waals surface area contributed by atoms with Crippen LogP contribution in [0.5, 0.6) is 0 Å². The summed E-state index contributed by atoms with van der Waals surface area (Å²) >= 11 is 6.08. The van der Waals surface area contributed by atoms with Gasteiger partial charge in [-0.3, -0.25) is 9.59 Å². The van der Waals surface area contributed by atoms with Gasteiger partial charge in [0.1, 0.15) is 5.82 Å². The number of carbonyl (C=O) groups is 2. The molecule has 0 aromatic heterocycles. The number of hydrogen-bond acceptors (Lipinski definition) is 2. The van der Waals surface area contributed by atoms with E-state index >= 15 is 0 Å². The maximum Gasteiger partial charge on any atom is 0.308 e. The third-order valence-corrected chi connectivity index (χ3v) is 4.11. The summed E-state index contributed by atoms with van der Waals surface area (Å²) < 4.78 is 14.2. The van der Waals surface area contributed by atoms with Crippen LogP contribution in [0.25, 0.3) is 0 Å². The van der Waals surface area contributed by atoms with Crippen molar-refractivity contribution in [2.75, 3.05) is 6.54 Å². The first-order valence-electron chi connectivity index (χ1n) is 6.93. The van der Waals surface area contributed by atoms with Crippen molar-refractivity contribution < 1.29 is 19.1 Å². The molecular formula is C15H17ClFNO3. The van der Waals surface area contributed by atoms with Gasteiger partial charge in [-0.05, 0) is 25.0 Å². The van der Waals surface area contributed by atoms with Gasteiger partial charge in [-0.1, -0.05) is 24.6 Å². The van der Waals surface area contributed by atoms with Crippen molar-refractivity contribution in [2.45, 2.75) is 32.2 Å². The highest BCUT2D eigenvalue weighted by Crippen LogP contribution is 2.41. The molecule has 1 aromatic carbocycles. The van der Waals surface area contributed by atoms with Crippen molar-refractivity contribution in [3.05, 3.63) is 34.6 Å². The molecule has 2 atom stereocenters. The molecule has 21 heavy (non-hydrogen) atoms. The average Bonchev–Trinajstić information content (AvgIpc) is 2.42. The van der Waals surface area contributed by atoms with Crippen molar-refractivity contribution in [1.82, 2.24) is 4.90 Å². The number of rotatable bonds is 4. The van der Waals surface area contributed by atoms with Crippen LogP contribution in [-0.4, -0.2) is 28.4 Å². The van der Waals surface area contributed by atoms with Crippen molar-refractivity contribution in [2.24, 2.45) is 5.92 Å². The lowest BCUT2D eigenvalue weighted by molar-refractivity contribution is -0.152. The van der Waals surface area contributed by atoms with E-state index in [9.17, 15) is 19.1 Å². The summed E-state index contributed by atoms with van der Waals surface area (Å²) in [7, 11) is 0. The lowest BCUT2D eigenvalue weighted by Gasteiger charge is -2.40. The zero-order valence-electron chi connectivity index (χ0n) is 11.7. The fourth-order valence-corrected chi connectivity index (χ4v) is 3.14. The topological polar surface area (TPSA) is 57.6 Å². The summed E-state index contributed by atoms with van der Waals surface area (Å²) in [6, 6.07) is 3.37. The molecule has 6 heteroatoms. The molecule has 0 aliphatic carbocycles. The largest absolute Gasteiger partial charge is 0.481 e. The van der Waals surface area contributed by atoms with E-state index in [0.717, 1.165) is 0 Å². The Morgan fingerprint density at radius 1 is 1.52 bits per heavy atom. The summed E-state index contributed by atoms with van der Waals surface area (Å²) in [4.78, 5) is 25.1. The quantitative estimate of drug-likeness (QED) is 0.928. The van der Waals surface area contributed by atoms with Gasteiger partial charge in [0.05, 0.1) is 12.0 Å². The highest BCUT2D eigenvalue weighted by Gasteiger charge is 2.42. The third kappa shape index (κ3) is 3.02. The Morgan fingerprint density at radius 3 is 2.81 bits per heavy atom. The van der Waals surface area contributed by atoms with Gasteiger partial charge < -0.3 is 10.0 Å². The molecule has 1 aliphatic heterocycles. The van der Waals surface area contributed by atoms with Gasteiger partial charge >= 0.3 is 5.97 Å². The number of hydrogen-bond donors (Lipinski definition) is 1. The summed E-state index contributed by atoms with van der Waals surface area (Å²) in [5.41, 5.74) is 0.105. The van der Waals surface area contributed by atoms with Crippen molar-refractivity contribution in [3.8, 4) is 0 Å². The predicted octanol–water partition coefficient (Wildman–Crippen LogP) is 3.25. The van der Waals surface area contributed by atoms with E-state index in [1.54, 1.807) is 0 Å². The molecule has 1 amide bonds. The summed E-state index contributed by atoms with van der Waals surface area (Å²) in [6.45, 7) is 2.27. The Labute approximate surface area is 127 Å². The summed E-state index contributed by atoms with van der Waals surface area (Å²) in [5.74, 6) is -2.61. The molecular weight excluding hydrogens is 297 g/mol. The number of nitrogens with zero attached hydrogens (tertiary/aromatic N) is 1. The van der Waals surface area contributed by atoms with E-state index in [-0.39, 0.29) is 29.3 Å². The SMILES string of the molecule is CCCN1C(=O)CCC(C(=O)O)C1c1c(F)cccc1Cl. The number of likely N-dealkylation sites (tertiary alicyclic amines) is 1. The zero-order chi connectivity index (χ0) is 15.6. The number of piperidine rings is 1. The Kier molecular flexibility index (Phi) is 4.83. The van der Waals surface area contributed by atoms with Gasteiger partial charge in [-0.25, -0.2) is 4.39 Å². The fourth-order valence-electron chi connectivity index (χ4n) is 2.87. The summed E-state index contributed by atoms with van der Waals surface area (Å²) in [6.07, 6.45) is 1.03. The lowest BCUT2D eigenvalue weighted by Crippen LogP contribution is -2.46. The Balaban J connectivity index is 2.54. The number of carboxylic acid groups (broad SMARTS) is 1. The molecule has 1 N–H and O–H groups in total. The molecule has 4 nitrogen and oxygen atoms in total. The maximum absolute atomic E-state index is 14.2. The second-order valence-electron chi connectivity index (χ2n) is 5.15. The molecule has 0 saturated carbocycles. The first kappa shape index (κ1) is 15.8. The lowest BCUT2D eigenvalue weighted by atomic mass is 9.84. The molecule has 2 unspecified atom stereocenters. The smallest absolute Gasteiger partial charge is 0.308 e. The van der Waals surface area contributed by atoms with Gasteiger partial charge in [0.2, 0.25) is 5.91 Å². The maximum atomic E-state index is 14.2. The number of carbonyl (C=O) groups excluding carboxylic acids is 1. The highest BCUT2D eigenvalue weighted by atomic mass is 35.5. The van der Waals surface area contributed by atoms with Crippen LogP contribution in [0.4, 0.5) is 4.39 Å². The standard InChI is InChI=1S/C15H17ClFNO3/c1-2-8-18-12(19)7-6-9(15(20)21)14(18)13-10(16)4-3-5-11(13)17/h3-5,9,14H,2,6-8H2,1H3,(H,20,21). The molecule has 0 radical (unpaired) electrons. The van der Waals surface area contributed by atoms with Gasteiger partial charge in [0, 0.05) is 23.6 Å². The monoisotopic (exact) mass is 313 g/mol. The molecule has 1 saturated heterocycles. The number of carboxylic acids is 1. The average molecular weight is 314 g/mol. The molecule has 1 heterocycles. The minimum atomic E-state index is -1.03. The normalized spacial score (nSPS) is 22.4. The van der Waals surface area contributed by atoms with E-state index in [0.29, 0.717) is 13.0 Å². The number of amides is 1. The van der Waals surface area contributed by atoms with E-state index in [4.69, 9.17) is 11.6 Å². The van der Waals surface area contributed by atoms with Crippen LogP contribution in [0.3, 0.4) is 0 Å². The van der Waals surface area contributed by atoms with Crippen molar-refractivity contribution >= 4 is 23.5 Å². The number of benzene rings is 1. The van der Waals surface area contributed by atoms with Crippen LogP contribution in [-0.2, 0) is 9.59 Å². The Hall–Kier alpha value is -1.62. The molecule has 2 rings (SSSR count). The van der Waals surface area contributed by atoms with Crippen molar-refractivity contribution in [3.63, 3.8) is 0 Å². The first-order chi connectivity index (χ1) is 9.97. The second-order valence-corrected chi connectivity index (χ2v) is 5.56. The highest BCUT2D eigenvalue weighted by molar-refractivity contribution is 6.31. The van der Waals surface area contributed by atoms with Gasteiger partial charge in [0.15, 0.2) is 0 Å². The van der Waals surface area contributed by atoms with Gasteiger partial charge in [-0.15, -0.1) is 0 Å². The number of aliphatic carboxylic acids is 1. The van der Waals surface area contributed by atoms with E-state index < -0.39 is 23.7 Å².